The molecule has 0 saturated carbocycles. The first-order valence-corrected chi connectivity index (χ1v) is 9.39. The number of amides is 1. The molecule has 1 aromatic heterocycles. The fourth-order valence-corrected chi connectivity index (χ4v) is 3.79. The van der Waals surface area contributed by atoms with Crippen molar-refractivity contribution in [3.05, 3.63) is 64.2 Å². The summed E-state index contributed by atoms with van der Waals surface area (Å²) in [5, 5.41) is 0. The molecular formula is C20H21FN2O2S. The van der Waals surface area contributed by atoms with Crippen molar-refractivity contribution in [1.82, 2.24) is 4.57 Å². The van der Waals surface area contributed by atoms with E-state index in [1.807, 2.05) is 44.2 Å². The molecule has 1 amide bonds. The average molecular weight is 372 g/mol. The molecule has 0 N–H and O–H groups in total. The highest BCUT2D eigenvalue weighted by Crippen LogP contribution is 2.20. The molecular weight excluding hydrogens is 351 g/mol. The average Bonchev–Trinajstić information content (AvgIpc) is 2.96. The van der Waals surface area contributed by atoms with Crippen LogP contribution in [0.1, 0.15) is 18.1 Å². The SMILES string of the molecule is CCOCCn1c(=NC(=O)Cc2ccc(C)cc2)sc2cccc(F)c21. The molecule has 0 bridgehead atoms. The van der Waals surface area contributed by atoms with Crippen LogP contribution in [0, 0.1) is 12.7 Å². The van der Waals surface area contributed by atoms with Gasteiger partial charge in [0.05, 0.1) is 23.2 Å². The van der Waals surface area contributed by atoms with E-state index in [1.165, 1.54) is 17.4 Å². The van der Waals surface area contributed by atoms with E-state index < -0.39 is 0 Å². The second kappa shape index (κ2) is 8.38. The van der Waals surface area contributed by atoms with E-state index >= 15 is 0 Å². The number of hydrogen-bond acceptors (Lipinski definition) is 3. The lowest BCUT2D eigenvalue weighted by Gasteiger charge is -2.06. The molecule has 0 saturated heterocycles. The molecule has 26 heavy (non-hydrogen) atoms. The van der Waals surface area contributed by atoms with E-state index in [1.54, 1.807) is 10.6 Å². The van der Waals surface area contributed by atoms with Crippen molar-refractivity contribution in [2.45, 2.75) is 26.8 Å². The van der Waals surface area contributed by atoms with Crippen LogP contribution < -0.4 is 4.80 Å². The van der Waals surface area contributed by atoms with Gasteiger partial charge in [-0.3, -0.25) is 4.79 Å². The van der Waals surface area contributed by atoms with Crippen molar-refractivity contribution in [3.8, 4) is 0 Å². The van der Waals surface area contributed by atoms with Gasteiger partial charge in [0.1, 0.15) is 5.82 Å². The molecule has 0 spiro atoms. The van der Waals surface area contributed by atoms with Crippen LogP contribution in [-0.4, -0.2) is 23.7 Å². The Hall–Kier alpha value is -2.31. The fraction of sp³-hybridized carbons (Fsp3) is 0.300. The summed E-state index contributed by atoms with van der Waals surface area (Å²) in [6.45, 7) is 5.39. The number of para-hydroxylation sites is 1. The first kappa shape index (κ1) is 18.5. The Morgan fingerprint density at radius 3 is 2.73 bits per heavy atom. The molecule has 0 aliphatic heterocycles. The van der Waals surface area contributed by atoms with E-state index in [-0.39, 0.29) is 18.1 Å². The summed E-state index contributed by atoms with van der Waals surface area (Å²) < 4.78 is 22.2. The number of carbonyl (C=O) groups excluding carboxylic acids is 1. The van der Waals surface area contributed by atoms with E-state index in [9.17, 15) is 9.18 Å². The van der Waals surface area contributed by atoms with Crippen molar-refractivity contribution >= 4 is 27.5 Å². The zero-order valence-corrected chi connectivity index (χ0v) is 15.7. The van der Waals surface area contributed by atoms with Crippen LogP contribution in [0.25, 0.3) is 10.2 Å². The first-order valence-electron chi connectivity index (χ1n) is 8.57. The Morgan fingerprint density at radius 2 is 2.00 bits per heavy atom. The Labute approximate surface area is 155 Å². The van der Waals surface area contributed by atoms with Crippen LogP contribution in [0.2, 0.25) is 0 Å². The molecule has 4 nitrogen and oxygen atoms in total. The third-order valence-corrected chi connectivity index (χ3v) is 5.06. The van der Waals surface area contributed by atoms with Gasteiger partial charge in [0.25, 0.3) is 5.91 Å². The second-order valence-electron chi connectivity index (χ2n) is 5.99. The van der Waals surface area contributed by atoms with Crippen molar-refractivity contribution in [2.24, 2.45) is 4.99 Å². The zero-order valence-electron chi connectivity index (χ0n) is 14.9. The van der Waals surface area contributed by atoms with Gasteiger partial charge in [0.15, 0.2) is 4.80 Å². The molecule has 0 aliphatic rings. The molecule has 2 aromatic carbocycles. The predicted molar refractivity (Wildman–Crippen MR) is 102 cm³/mol. The smallest absolute Gasteiger partial charge is 0.252 e. The summed E-state index contributed by atoms with van der Waals surface area (Å²) in [7, 11) is 0. The third-order valence-electron chi connectivity index (χ3n) is 4.01. The molecule has 0 aliphatic carbocycles. The number of fused-ring (bicyclic) bond motifs is 1. The standard InChI is InChI=1S/C20H21FN2O2S/c1-3-25-12-11-23-19-16(21)5-4-6-17(19)26-20(23)22-18(24)13-15-9-7-14(2)8-10-15/h4-10H,3,11-13H2,1-2H3. The van der Waals surface area contributed by atoms with Crippen molar-refractivity contribution < 1.29 is 13.9 Å². The van der Waals surface area contributed by atoms with Crippen LogP contribution in [0.5, 0.6) is 0 Å². The van der Waals surface area contributed by atoms with E-state index in [0.717, 1.165) is 15.8 Å². The van der Waals surface area contributed by atoms with Gasteiger partial charge in [-0.1, -0.05) is 47.2 Å². The minimum absolute atomic E-state index is 0.225. The van der Waals surface area contributed by atoms with Gasteiger partial charge in [0, 0.05) is 13.2 Å². The number of halogens is 1. The molecule has 0 radical (unpaired) electrons. The van der Waals surface area contributed by atoms with Gasteiger partial charge in [-0.05, 0) is 31.5 Å². The number of rotatable bonds is 6. The van der Waals surface area contributed by atoms with E-state index in [2.05, 4.69) is 4.99 Å². The Kier molecular flexibility index (Phi) is 5.96. The zero-order chi connectivity index (χ0) is 18.5. The second-order valence-corrected chi connectivity index (χ2v) is 7.00. The number of thiazole rings is 1. The molecule has 0 unspecified atom stereocenters. The summed E-state index contributed by atoms with van der Waals surface area (Å²) in [6, 6.07) is 12.7. The number of nitrogens with zero attached hydrogens (tertiary/aromatic N) is 2. The lowest BCUT2D eigenvalue weighted by Crippen LogP contribution is -2.20. The molecule has 1 heterocycles. The Bertz CT molecular complexity index is 974. The summed E-state index contributed by atoms with van der Waals surface area (Å²) in [5.41, 5.74) is 2.53. The number of ether oxygens (including phenoxy) is 1. The van der Waals surface area contributed by atoms with Crippen LogP contribution in [0.3, 0.4) is 0 Å². The number of aromatic nitrogens is 1. The first-order chi connectivity index (χ1) is 12.6. The van der Waals surface area contributed by atoms with Gasteiger partial charge >= 0.3 is 0 Å². The van der Waals surface area contributed by atoms with Crippen LogP contribution in [0.15, 0.2) is 47.5 Å². The van der Waals surface area contributed by atoms with E-state index in [0.29, 0.717) is 30.1 Å². The maximum absolute atomic E-state index is 14.3. The monoisotopic (exact) mass is 372 g/mol. The Morgan fingerprint density at radius 1 is 1.23 bits per heavy atom. The molecule has 3 aromatic rings. The number of aryl methyl sites for hydroxylation is 1. The summed E-state index contributed by atoms with van der Waals surface area (Å²) >= 11 is 1.32. The maximum atomic E-state index is 14.3. The minimum atomic E-state index is -0.317. The highest BCUT2D eigenvalue weighted by molar-refractivity contribution is 7.16. The number of carbonyl (C=O) groups is 1. The summed E-state index contributed by atoms with van der Waals surface area (Å²) in [5.74, 6) is -0.561. The highest BCUT2D eigenvalue weighted by atomic mass is 32.1. The van der Waals surface area contributed by atoms with Gasteiger partial charge in [-0.15, -0.1) is 0 Å². The fourth-order valence-electron chi connectivity index (χ4n) is 2.71. The number of hydrogen-bond donors (Lipinski definition) is 0. The molecule has 3 rings (SSSR count). The van der Waals surface area contributed by atoms with Crippen molar-refractivity contribution in [2.75, 3.05) is 13.2 Å². The Balaban J connectivity index is 1.95. The molecule has 6 heteroatoms. The molecule has 0 fully saturated rings. The maximum Gasteiger partial charge on any atom is 0.252 e. The summed E-state index contributed by atoms with van der Waals surface area (Å²) in [6.07, 6.45) is 0.225. The largest absolute Gasteiger partial charge is 0.380 e. The van der Waals surface area contributed by atoms with Gasteiger partial charge < -0.3 is 9.30 Å². The van der Waals surface area contributed by atoms with Gasteiger partial charge in [0.2, 0.25) is 0 Å². The van der Waals surface area contributed by atoms with Crippen LogP contribution in [-0.2, 0) is 22.5 Å². The van der Waals surface area contributed by atoms with Crippen LogP contribution in [0.4, 0.5) is 4.39 Å². The topological polar surface area (TPSA) is 43.6 Å². The quantitative estimate of drug-likeness (QED) is 0.617. The van der Waals surface area contributed by atoms with Crippen LogP contribution >= 0.6 is 11.3 Å². The predicted octanol–water partition coefficient (Wildman–Crippen LogP) is 3.86. The van der Waals surface area contributed by atoms with Gasteiger partial charge in [-0.25, -0.2) is 4.39 Å². The van der Waals surface area contributed by atoms with Crippen molar-refractivity contribution in [3.63, 3.8) is 0 Å². The lowest BCUT2D eigenvalue weighted by molar-refractivity contribution is -0.117. The summed E-state index contributed by atoms with van der Waals surface area (Å²) in [4.78, 5) is 17.2. The van der Waals surface area contributed by atoms with E-state index in [4.69, 9.17) is 4.74 Å². The third kappa shape index (κ3) is 4.26. The minimum Gasteiger partial charge on any atom is -0.380 e. The normalized spacial score (nSPS) is 12.0. The number of benzene rings is 2. The molecule has 0 atom stereocenters. The highest BCUT2D eigenvalue weighted by Gasteiger charge is 2.12. The molecule has 136 valence electrons. The van der Waals surface area contributed by atoms with Crippen molar-refractivity contribution in [1.29, 1.82) is 0 Å². The lowest BCUT2D eigenvalue weighted by atomic mass is 10.1. The van der Waals surface area contributed by atoms with Gasteiger partial charge in [-0.2, -0.15) is 4.99 Å².